The Hall–Kier alpha value is -2.05. The second-order valence-corrected chi connectivity index (χ2v) is 6.51. The average molecular weight is 363 g/mol. The van der Waals surface area contributed by atoms with Crippen molar-refractivity contribution in [2.24, 2.45) is 0 Å². The Kier molecular flexibility index (Phi) is 5.30. The molecule has 3 heterocycles. The zero-order chi connectivity index (χ0) is 16.5. The number of halogens is 1. The summed E-state index contributed by atoms with van der Waals surface area (Å²) in [6.07, 6.45) is 1.89. The fourth-order valence-electron chi connectivity index (χ4n) is 3.57. The molecule has 4 rings (SSSR count). The minimum Gasteiger partial charge on any atom is -0.508 e. The van der Waals surface area contributed by atoms with Crippen LogP contribution in [0.25, 0.3) is 0 Å². The molecule has 0 saturated heterocycles. The van der Waals surface area contributed by atoms with Crippen molar-refractivity contribution in [3.05, 3.63) is 46.8 Å². The number of amides is 1. The van der Waals surface area contributed by atoms with Gasteiger partial charge < -0.3 is 15.3 Å². The van der Waals surface area contributed by atoms with Crippen LogP contribution in [0.3, 0.4) is 0 Å². The van der Waals surface area contributed by atoms with Crippen LogP contribution < -0.4 is 5.32 Å². The first kappa shape index (κ1) is 17.8. The van der Waals surface area contributed by atoms with Crippen LogP contribution >= 0.6 is 12.4 Å². The van der Waals surface area contributed by atoms with Crippen LogP contribution in [-0.4, -0.2) is 38.8 Å². The molecule has 0 radical (unpaired) electrons. The molecule has 6 nitrogen and oxygen atoms in total. The second-order valence-electron chi connectivity index (χ2n) is 6.51. The number of carbonyl (C=O) groups excluding carboxylic acids is 1. The van der Waals surface area contributed by atoms with E-state index in [-0.39, 0.29) is 18.3 Å². The number of benzene rings is 1. The highest BCUT2D eigenvalue weighted by atomic mass is 35.5. The first-order chi connectivity index (χ1) is 11.7. The third-order valence-corrected chi connectivity index (χ3v) is 4.91. The highest BCUT2D eigenvalue weighted by Gasteiger charge is 2.22. The summed E-state index contributed by atoms with van der Waals surface area (Å²) in [5.74, 6) is 0.505. The number of hydrogen-bond acceptors (Lipinski definition) is 4. The third-order valence-electron chi connectivity index (χ3n) is 4.91. The van der Waals surface area contributed by atoms with Crippen molar-refractivity contribution in [2.75, 3.05) is 13.1 Å². The van der Waals surface area contributed by atoms with E-state index in [1.807, 2.05) is 21.7 Å². The molecule has 0 spiro atoms. The van der Waals surface area contributed by atoms with Crippen LogP contribution in [0.5, 0.6) is 5.75 Å². The Morgan fingerprint density at radius 3 is 3.04 bits per heavy atom. The van der Waals surface area contributed by atoms with Gasteiger partial charge in [0, 0.05) is 44.6 Å². The molecule has 0 fully saturated rings. The Labute approximate surface area is 153 Å². The molecule has 25 heavy (non-hydrogen) atoms. The molecule has 134 valence electrons. The molecule has 2 N–H and O–H groups in total. The zero-order valence-corrected chi connectivity index (χ0v) is 14.9. The number of nitrogens with zero attached hydrogens (tertiary/aromatic N) is 3. The number of aromatic nitrogens is 2. The molecule has 2 aliphatic heterocycles. The van der Waals surface area contributed by atoms with Gasteiger partial charge in [0.05, 0.1) is 17.9 Å². The van der Waals surface area contributed by atoms with Crippen molar-refractivity contribution in [1.82, 2.24) is 20.0 Å². The first-order valence-electron chi connectivity index (χ1n) is 8.54. The fraction of sp³-hybridized carbons (Fsp3) is 0.444. The second kappa shape index (κ2) is 7.45. The molecular weight excluding hydrogens is 340 g/mol. The largest absolute Gasteiger partial charge is 0.508 e. The predicted molar refractivity (Wildman–Crippen MR) is 96.7 cm³/mol. The van der Waals surface area contributed by atoms with Crippen molar-refractivity contribution >= 4 is 18.3 Å². The van der Waals surface area contributed by atoms with Crippen LogP contribution in [0.4, 0.5) is 0 Å². The van der Waals surface area contributed by atoms with Gasteiger partial charge in [0.25, 0.3) is 0 Å². The molecule has 1 amide bonds. The number of carbonyl (C=O) groups is 1. The number of aryl methyl sites for hydroxylation is 1. The highest BCUT2D eigenvalue weighted by Crippen LogP contribution is 2.27. The molecule has 0 unspecified atom stereocenters. The van der Waals surface area contributed by atoms with Gasteiger partial charge in [0.1, 0.15) is 5.75 Å². The SMILES string of the molecule is Cl.O=C(CCc1cc2n(n1)CCNC2)N1CCc2c(O)cccc2C1. The quantitative estimate of drug-likeness (QED) is 0.870. The van der Waals surface area contributed by atoms with Crippen molar-refractivity contribution in [3.8, 4) is 5.75 Å². The predicted octanol–water partition coefficient (Wildman–Crippen LogP) is 1.63. The smallest absolute Gasteiger partial charge is 0.223 e. The number of rotatable bonds is 3. The molecule has 2 aliphatic rings. The van der Waals surface area contributed by atoms with E-state index in [1.54, 1.807) is 6.07 Å². The van der Waals surface area contributed by atoms with E-state index in [2.05, 4.69) is 16.5 Å². The molecule has 0 saturated carbocycles. The number of fused-ring (bicyclic) bond motifs is 2. The Morgan fingerprint density at radius 1 is 1.32 bits per heavy atom. The summed E-state index contributed by atoms with van der Waals surface area (Å²) in [6, 6.07) is 7.64. The molecule has 1 aromatic carbocycles. The Morgan fingerprint density at radius 2 is 2.20 bits per heavy atom. The molecule has 7 heteroatoms. The fourth-order valence-corrected chi connectivity index (χ4v) is 3.57. The van der Waals surface area contributed by atoms with Crippen LogP contribution in [0.15, 0.2) is 24.3 Å². The van der Waals surface area contributed by atoms with Gasteiger partial charge in [-0.05, 0) is 24.1 Å². The Balaban J connectivity index is 0.00000182. The molecule has 0 bridgehead atoms. The lowest BCUT2D eigenvalue weighted by Gasteiger charge is -2.29. The standard InChI is InChI=1S/C18H22N4O2.ClH/c23-17-3-1-2-13-12-21(8-6-16(13)17)18(24)5-4-14-10-15-11-19-7-9-22(15)20-14;/h1-3,10,19,23H,4-9,11-12H2;1H. The van der Waals surface area contributed by atoms with Crippen LogP contribution in [0, 0.1) is 0 Å². The third kappa shape index (κ3) is 3.65. The minimum atomic E-state index is 0. The number of nitrogens with one attached hydrogen (secondary N) is 1. The van der Waals surface area contributed by atoms with E-state index in [0.717, 1.165) is 42.9 Å². The summed E-state index contributed by atoms with van der Waals surface area (Å²) in [7, 11) is 0. The molecular formula is C18H23ClN4O2. The lowest BCUT2D eigenvalue weighted by molar-refractivity contribution is -0.132. The topological polar surface area (TPSA) is 70.4 Å². The van der Waals surface area contributed by atoms with E-state index in [9.17, 15) is 9.90 Å². The monoisotopic (exact) mass is 362 g/mol. The maximum absolute atomic E-state index is 12.5. The molecule has 0 aliphatic carbocycles. The maximum atomic E-state index is 12.5. The van der Waals surface area contributed by atoms with E-state index in [4.69, 9.17) is 0 Å². The number of phenols is 1. The van der Waals surface area contributed by atoms with Crippen molar-refractivity contribution in [3.63, 3.8) is 0 Å². The van der Waals surface area contributed by atoms with Gasteiger partial charge in [0.15, 0.2) is 0 Å². The summed E-state index contributed by atoms with van der Waals surface area (Å²) in [5.41, 5.74) is 4.23. The average Bonchev–Trinajstić information content (AvgIpc) is 3.02. The van der Waals surface area contributed by atoms with E-state index in [1.165, 1.54) is 5.69 Å². The lowest BCUT2D eigenvalue weighted by Crippen LogP contribution is -2.36. The normalized spacial score (nSPS) is 15.9. The lowest BCUT2D eigenvalue weighted by atomic mass is 9.98. The van der Waals surface area contributed by atoms with Gasteiger partial charge in [0.2, 0.25) is 5.91 Å². The van der Waals surface area contributed by atoms with Gasteiger partial charge in [-0.25, -0.2) is 0 Å². The summed E-state index contributed by atoms with van der Waals surface area (Å²) in [4.78, 5) is 14.4. The summed E-state index contributed by atoms with van der Waals surface area (Å²) in [6.45, 7) is 3.97. The van der Waals surface area contributed by atoms with Crippen molar-refractivity contribution < 1.29 is 9.90 Å². The van der Waals surface area contributed by atoms with Gasteiger partial charge in [-0.2, -0.15) is 5.10 Å². The van der Waals surface area contributed by atoms with Crippen LogP contribution in [0.1, 0.15) is 28.9 Å². The van der Waals surface area contributed by atoms with Crippen molar-refractivity contribution in [2.45, 2.75) is 38.9 Å². The van der Waals surface area contributed by atoms with Gasteiger partial charge >= 0.3 is 0 Å². The summed E-state index contributed by atoms with van der Waals surface area (Å²) < 4.78 is 2.04. The molecule has 2 aromatic rings. The number of hydrogen-bond donors (Lipinski definition) is 2. The van der Waals surface area contributed by atoms with E-state index < -0.39 is 0 Å². The number of phenolic OH excluding ortho intramolecular Hbond substituents is 1. The van der Waals surface area contributed by atoms with Crippen LogP contribution in [-0.2, 0) is 37.3 Å². The Bertz CT molecular complexity index is 751. The van der Waals surface area contributed by atoms with Crippen LogP contribution in [0.2, 0.25) is 0 Å². The van der Waals surface area contributed by atoms with Gasteiger partial charge in [-0.3, -0.25) is 9.48 Å². The minimum absolute atomic E-state index is 0. The molecule has 1 aromatic heterocycles. The number of aromatic hydroxyl groups is 1. The van der Waals surface area contributed by atoms with Gasteiger partial charge in [-0.1, -0.05) is 12.1 Å². The summed E-state index contributed by atoms with van der Waals surface area (Å²) in [5, 5.41) is 17.8. The van der Waals surface area contributed by atoms with Crippen molar-refractivity contribution in [1.29, 1.82) is 0 Å². The molecule has 0 atom stereocenters. The van der Waals surface area contributed by atoms with E-state index >= 15 is 0 Å². The van der Waals surface area contributed by atoms with E-state index in [0.29, 0.717) is 31.7 Å². The zero-order valence-electron chi connectivity index (χ0n) is 14.1. The first-order valence-corrected chi connectivity index (χ1v) is 8.54. The maximum Gasteiger partial charge on any atom is 0.223 e. The van der Waals surface area contributed by atoms with Gasteiger partial charge in [-0.15, -0.1) is 12.4 Å². The highest BCUT2D eigenvalue weighted by molar-refractivity contribution is 5.85. The summed E-state index contributed by atoms with van der Waals surface area (Å²) >= 11 is 0.